The number of aliphatic hydroxyl groups is 2. The molecule has 0 bridgehead atoms. The molecule has 0 aromatic heterocycles. The summed E-state index contributed by atoms with van der Waals surface area (Å²) in [5.41, 5.74) is 2.21. The Bertz CT molecular complexity index is 428. The number of hydrogen-bond acceptors (Lipinski definition) is 4. The Balaban J connectivity index is 2.01. The van der Waals surface area contributed by atoms with Crippen molar-refractivity contribution in [3.05, 3.63) is 11.1 Å². The number of ether oxygens (including phenoxy) is 1. The van der Waals surface area contributed by atoms with Crippen molar-refractivity contribution in [1.82, 2.24) is 0 Å². The molecule has 0 amide bonds. The molecule has 1 aliphatic heterocycles. The molecule has 3 rings (SSSR count). The molecule has 0 aromatic carbocycles. The van der Waals surface area contributed by atoms with E-state index in [-0.39, 0.29) is 48.5 Å². The third-order valence-electron chi connectivity index (χ3n) is 5.47. The Kier molecular flexibility index (Phi) is 3.18. The van der Waals surface area contributed by atoms with Gasteiger partial charge in [-0.15, -0.1) is 0 Å². The van der Waals surface area contributed by atoms with Crippen LogP contribution in [0.4, 0.5) is 0 Å². The number of carbonyl (C=O) groups is 1. The van der Waals surface area contributed by atoms with Gasteiger partial charge in [0, 0.05) is 11.8 Å². The number of fused-ring (bicyclic) bond motifs is 3. The van der Waals surface area contributed by atoms with Crippen LogP contribution >= 0.6 is 0 Å². The topological polar surface area (TPSA) is 66.8 Å². The Hall–Kier alpha value is -0.870. The lowest BCUT2D eigenvalue weighted by atomic mass is 9.79. The molecule has 2 N–H and O–H groups in total. The van der Waals surface area contributed by atoms with E-state index in [0.717, 1.165) is 24.0 Å². The average Bonchev–Trinajstić information content (AvgIpc) is 2.76. The smallest absolute Gasteiger partial charge is 0.309 e. The third kappa shape index (κ3) is 1.84. The molecular weight excluding hydrogens is 244 g/mol. The van der Waals surface area contributed by atoms with Crippen molar-refractivity contribution in [2.24, 2.45) is 23.7 Å². The van der Waals surface area contributed by atoms with Crippen molar-refractivity contribution in [3.63, 3.8) is 0 Å². The number of esters is 1. The van der Waals surface area contributed by atoms with Crippen LogP contribution in [0.1, 0.15) is 33.1 Å². The van der Waals surface area contributed by atoms with Crippen LogP contribution in [0.3, 0.4) is 0 Å². The van der Waals surface area contributed by atoms with E-state index in [9.17, 15) is 15.0 Å². The minimum absolute atomic E-state index is 0.0609. The van der Waals surface area contributed by atoms with Gasteiger partial charge < -0.3 is 14.9 Å². The molecule has 3 aliphatic rings. The second-order valence-electron chi connectivity index (χ2n) is 6.34. The van der Waals surface area contributed by atoms with Gasteiger partial charge in [-0.3, -0.25) is 4.79 Å². The molecule has 0 spiro atoms. The first-order valence-electron chi connectivity index (χ1n) is 7.24. The standard InChI is InChI=1S/C15H22O4/c1-7-10-4-3-9(6-16)11-5-12(17)8(2)13(11)14(10)19-15(7)18/h7-8,10,12-14,16-17H,3-6H2,1-2H3. The molecule has 6 unspecified atom stereocenters. The zero-order chi connectivity index (χ0) is 13.7. The minimum atomic E-state index is -0.380. The molecule has 2 aliphatic carbocycles. The molecule has 6 atom stereocenters. The molecule has 1 saturated carbocycles. The molecule has 4 nitrogen and oxygen atoms in total. The van der Waals surface area contributed by atoms with Gasteiger partial charge in [-0.25, -0.2) is 0 Å². The number of hydrogen-bond donors (Lipinski definition) is 2. The fraction of sp³-hybridized carbons (Fsp3) is 0.800. The lowest BCUT2D eigenvalue weighted by Crippen LogP contribution is -2.31. The van der Waals surface area contributed by atoms with Gasteiger partial charge in [-0.1, -0.05) is 19.4 Å². The Morgan fingerprint density at radius 2 is 2.11 bits per heavy atom. The van der Waals surface area contributed by atoms with Gasteiger partial charge in [0.05, 0.1) is 18.6 Å². The summed E-state index contributed by atoms with van der Waals surface area (Å²) in [6, 6.07) is 0. The van der Waals surface area contributed by atoms with Crippen molar-refractivity contribution in [2.45, 2.75) is 45.3 Å². The molecule has 1 saturated heterocycles. The second-order valence-corrected chi connectivity index (χ2v) is 6.34. The van der Waals surface area contributed by atoms with Gasteiger partial charge in [-0.2, -0.15) is 0 Å². The summed E-state index contributed by atoms with van der Waals surface area (Å²) >= 11 is 0. The van der Waals surface area contributed by atoms with E-state index in [0.29, 0.717) is 6.42 Å². The highest BCUT2D eigenvalue weighted by Crippen LogP contribution is 2.50. The van der Waals surface area contributed by atoms with Crippen molar-refractivity contribution in [3.8, 4) is 0 Å². The van der Waals surface area contributed by atoms with Crippen LogP contribution in [0, 0.1) is 23.7 Å². The van der Waals surface area contributed by atoms with E-state index in [4.69, 9.17) is 4.74 Å². The molecule has 4 heteroatoms. The number of aliphatic hydroxyl groups excluding tert-OH is 2. The molecule has 0 aromatic rings. The summed E-state index contributed by atoms with van der Waals surface area (Å²) in [7, 11) is 0. The number of carbonyl (C=O) groups excluding carboxylic acids is 1. The lowest BCUT2D eigenvalue weighted by Gasteiger charge is -2.27. The highest BCUT2D eigenvalue weighted by molar-refractivity contribution is 5.75. The van der Waals surface area contributed by atoms with Crippen LogP contribution in [0.5, 0.6) is 0 Å². The van der Waals surface area contributed by atoms with E-state index in [1.165, 1.54) is 0 Å². The van der Waals surface area contributed by atoms with Gasteiger partial charge in [0.1, 0.15) is 6.10 Å². The predicted molar refractivity (Wildman–Crippen MR) is 69.2 cm³/mol. The fourth-order valence-electron chi connectivity index (χ4n) is 4.21. The molecule has 1 heterocycles. The van der Waals surface area contributed by atoms with E-state index < -0.39 is 0 Å². The third-order valence-corrected chi connectivity index (χ3v) is 5.47. The Labute approximate surface area is 113 Å². The first kappa shape index (κ1) is 13.1. The Morgan fingerprint density at radius 3 is 2.79 bits per heavy atom. The highest BCUT2D eigenvalue weighted by atomic mass is 16.6. The normalized spacial score (nSPS) is 45.8. The molecular formula is C15H22O4. The van der Waals surface area contributed by atoms with Crippen molar-refractivity contribution < 1.29 is 19.7 Å². The maximum absolute atomic E-state index is 11.8. The maximum Gasteiger partial charge on any atom is 0.309 e. The van der Waals surface area contributed by atoms with Crippen molar-refractivity contribution in [1.29, 1.82) is 0 Å². The summed E-state index contributed by atoms with van der Waals surface area (Å²) < 4.78 is 5.62. The maximum atomic E-state index is 11.8. The lowest BCUT2D eigenvalue weighted by molar-refractivity contribution is -0.145. The summed E-state index contributed by atoms with van der Waals surface area (Å²) in [5.74, 6) is 0.257. The average molecular weight is 266 g/mol. The highest BCUT2D eigenvalue weighted by Gasteiger charge is 2.52. The zero-order valence-corrected chi connectivity index (χ0v) is 11.5. The predicted octanol–water partition coefficient (Wildman–Crippen LogP) is 1.26. The largest absolute Gasteiger partial charge is 0.461 e. The quantitative estimate of drug-likeness (QED) is 0.554. The summed E-state index contributed by atoms with van der Waals surface area (Å²) in [6.45, 7) is 4.02. The van der Waals surface area contributed by atoms with E-state index in [2.05, 4.69) is 0 Å². The summed E-state index contributed by atoms with van der Waals surface area (Å²) in [5, 5.41) is 19.7. The van der Waals surface area contributed by atoms with E-state index in [1.807, 2.05) is 13.8 Å². The van der Waals surface area contributed by atoms with Gasteiger partial charge in [0.15, 0.2) is 0 Å². The molecule has 19 heavy (non-hydrogen) atoms. The van der Waals surface area contributed by atoms with Crippen LogP contribution in [0.25, 0.3) is 0 Å². The van der Waals surface area contributed by atoms with Crippen LogP contribution in [-0.4, -0.2) is 35.0 Å². The second kappa shape index (κ2) is 4.60. The summed E-state index contributed by atoms with van der Waals surface area (Å²) in [4.78, 5) is 11.8. The van der Waals surface area contributed by atoms with Crippen molar-refractivity contribution >= 4 is 5.97 Å². The van der Waals surface area contributed by atoms with Crippen LogP contribution in [-0.2, 0) is 9.53 Å². The van der Waals surface area contributed by atoms with Crippen LogP contribution < -0.4 is 0 Å². The first-order valence-corrected chi connectivity index (χ1v) is 7.24. The van der Waals surface area contributed by atoms with Crippen LogP contribution in [0.15, 0.2) is 11.1 Å². The van der Waals surface area contributed by atoms with Gasteiger partial charge in [0.2, 0.25) is 0 Å². The van der Waals surface area contributed by atoms with Crippen LogP contribution in [0.2, 0.25) is 0 Å². The van der Waals surface area contributed by atoms with Gasteiger partial charge in [0.25, 0.3) is 0 Å². The van der Waals surface area contributed by atoms with E-state index in [1.54, 1.807) is 0 Å². The molecule has 0 radical (unpaired) electrons. The first-order chi connectivity index (χ1) is 9.04. The van der Waals surface area contributed by atoms with Crippen molar-refractivity contribution in [2.75, 3.05) is 6.61 Å². The SMILES string of the molecule is CC1C(=O)OC2C1CCC(CO)=C1CC(O)C(C)C12. The van der Waals surface area contributed by atoms with Gasteiger partial charge in [-0.05, 0) is 30.8 Å². The molecule has 106 valence electrons. The zero-order valence-electron chi connectivity index (χ0n) is 11.5. The number of rotatable bonds is 1. The minimum Gasteiger partial charge on any atom is -0.461 e. The fourth-order valence-corrected chi connectivity index (χ4v) is 4.21. The summed E-state index contributed by atoms with van der Waals surface area (Å²) in [6.07, 6.45) is 1.86. The van der Waals surface area contributed by atoms with E-state index >= 15 is 0 Å². The van der Waals surface area contributed by atoms with Gasteiger partial charge >= 0.3 is 5.97 Å². The monoisotopic (exact) mass is 266 g/mol. The Morgan fingerprint density at radius 1 is 1.37 bits per heavy atom. The molecule has 2 fully saturated rings.